The number of carbonyl (C=O) groups is 3. The van der Waals surface area contributed by atoms with E-state index in [9.17, 15) is 14.4 Å². The number of piperidine rings is 1. The zero-order valence-corrected chi connectivity index (χ0v) is 28.3. The largest absolute Gasteiger partial charge is 0.368 e. The molecule has 8 heteroatoms. The van der Waals surface area contributed by atoms with Crippen LogP contribution in [0.3, 0.4) is 0 Å². The molecule has 2 aromatic rings. The predicted molar refractivity (Wildman–Crippen MR) is 181 cm³/mol. The number of hydrogen-bond donors (Lipinski definition) is 1. The number of benzene rings is 2. The SMILES string of the molecule is CCCCCCCCCCCCNC(=O)c1ccc(CN(CC2CCN(C(=O)c3cccc(I)c3)CC2)OC(C)=O)cc1. The third-order valence-corrected chi connectivity index (χ3v) is 8.75. The van der Waals surface area contributed by atoms with Crippen LogP contribution in [0, 0.1) is 9.49 Å². The Labute approximate surface area is 272 Å². The van der Waals surface area contributed by atoms with Crippen molar-refractivity contribution in [1.82, 2.24) is 15.3 Å². The number of nitrogens with zero attached hydrogens (tertiary/aromatic N) is 2. The van der Waals surface area contributed by atoms with Crippen molar-refractivity contribution in [1.29, 1.82) is 0 Å². The van der Waals surface area contributed by atoms with Gasteiger partial charge in [0.2, 0.25) is 0 Å². The molecule has 1 heterocycles. The molecule has 0 aliphatic carbocycles. The molecule has 7 nitrogen and oxygen atoms in total. The summed E-state index contributed by atoms with van der Waals surface area (Å²) in [6.45, 7) is 6.79. The van der Waals surface area contributed by atoms with Gasteiger partial charge < -0.3 is 15.1 Å². The van der Waals surface area contributed by atoms with Crippen molar-refractivity contribution >= 4 is 40.4 Å². The molecule has 1 aliphatic heterocycles. The number of likely N-dealkylation sites (tertiary alicyclic amines) is 1. The van der Waals surface area contributed by atoms with Crippen LogP contribution in [-0.4, -0.2) is 53.9 Å². The molecule has 0 saturated carbocycles. The van der Waals surface area contributed by atoms with Crippen molar-refractivity contribution < 1.29 is 19.2 Å². The maximum atomic E-state index is 12.9. The number of nitrogens with one attached hydrogen (secondary N) is 1. The quantitative estimate of drug-likeness (QED) is 0.0976. The van der Waals surface area contributed by atoms with E-state index in [1.807, 2.05) is 53.4 Å². The van der Waals surface area contributed by atoms with E-state index in [-0.39, 0.29) is 17.8 Å². The zero-order chi connectivity index (χ0) is 30.9. The fraction of sp³-hybridized carbons (Fsp3) is 0.571. The molecule has 0 radical (unpaired) electrons. The number of hydrogen-bond acceptors (Lipinski definition) is 5. The normalized spacial score (nSPS) is 13.7. The Morgan fingerprint density at radius 2 is 1.51 bits per heavy atom. The molecule has 1 aliphatic rings. The molecule has 1 N–H and O–H groups in total. The summed E-state index contributed by atoms with van der Waals surface area (Å²) >= 11 is 2.23. The highest BCUT2D eigenvalue weighted by Gasteiger charge is 2.26. The van der Waals surface area contributed by atoms with Gasteiger partial charge in [-0.1, -0.05) is 82.9 Å². The van der Waals surface area contributed by atoms with Gasteiger partial charge in [-0.25, -0.2) is 0 Å². The van der Waals surface area contributed by atoms with Crippen molar-refractivity contribution in [3.05, 3.63) is 68.8 Å². The summed E-state index contributed by atoms with van der Waals surface area (Å²) in [4.78, 5) is 44.8. The maximum absolute atomic E-state index is 12.9. The Balaban J connectivity index is 1.37. The van der Waals surface area contributed by atoms with Gasteiger partial charge in [0.25, 0.3) is 11.8 Å². The highest BCUT2D eigenvalue weighted by Crippen LogP contribution is 2.22. The molecule has 0 aromatic heterocycles. The second-order valence-corrected chi connectivity index (χ2v) is 13.0. The van der Waals surface area contributed by atoms with Gasteiger partial charge in [0.05, 0.1) is 6.54 Å². The van der Waals surface area contributed by atoms with E-state index in [0.717, 1.165) is 40.4 Å². The van der Waals surface area contributed by atoms with E-state index in [1.165, 1.54) is 58.3 Å². The zero-order valence-electron chi connectivity index (χ0n) is 26.1. The molecule has 2 amide bonds. The molecule has 3 rings (SSSR count). The fourth-order valence-electron chi connectivity index (χ4n) is 5.61. The lowest BCUT2D eigenvalue weighted by atomic mass is 9.96. The van der Waals surface area contributed by atoms with E-state index in [2.05, 4.69) is 34.8 Å². The molecule has 0 atom stereocenters. The minimum Gasteiger partial charge on any atom is -0.368 e. The van der Waals surface area contributed by atoms with Crippen molar-refractivity contribution in [2.75, 3.05) is 26.2 Å². The summed E-state index contributed by atoms with van der Waals surface area (Å²) < 4.78 is 1.05. The second-order valence-electron chi connectivity index (χ2n) is 11.8. The first kappa shape index (κ1) is 35.0. The van der Waals surface area contributed by atoms with Gasteiger partial charge in [0.1, 0.15) is 0 Å². The minimum atomic E-state index is -0.353. The molecule has 236 valence electrons. The molecule has 1 fully saturated rings. The highest BCUT2D eigenvalue weighted by molar-refractivity contribution is 14.1. The van der Waals surface area contributed by atoms with Crippen LogP contribution in [0.5, 0.6) is 0 Å². The molecular formula is C35H50IN3O4. The van der Waals surface area contributed by atoms with Gasteiger partial charge in [-0.3, -0.25) is 14.4 Å². The van der Waals surface area contributed by atoms with Crippen molar-refractivity contribution in [3.8, 4) is 0 Å². The number of amides is 2. The molecule has 43 heavy (non-hydrogen) atoms. The first-order valence-corrected chi connectivity index (χ1v) is 17.3. The van der Waals surface area contributed by atoms with Crippen LogP contribution >= 0.6 is 22.6 Å². The monoisotopic (exact) mass is 703 g/mol. The van der Waals surface area contributed by atoms with E-state index >= 15 is 0 Å². The Morgan fingerprint density at radius 1 is 0.884 bits per heavy atom. The van der Waals surface area contributed by atoms with Crippen LogP contribution in [-0.2, 0) is 16.2 Å². The first-order valence-electron chi connectivity index (χ1n) is 16.2. The average molecular weight is 704 g/mol. The van der Waals surface area contributed by atoms with Crippen LogP contribution < -0.4 is 5.32 Å². The summed E-state index contributed by atoms with van der Waals surface area (Å²) in [6, 6.07) is 15.2. The van der Waals surface area contributed by atoms with Gasteiger partial charge in [0, 0.05) is 47.8 Å². The molecular weight excluding hydrogens is 653 g/mol. The van der Waals surface area contributed by atoms with Crippen molar-refractivity contribution in [2.24, 2.45) is 5.92 Å². The lowest BCUT2D eigenvalue weighted by molar-refractivity contribution is -0.194. The lowest BCUT2D eigenvalue weighted by Crippen LogP contribution is -2.41. The average Bonchev–Trinajstić information content (AvgIpc) is 3.00. The fourth-order valence-corrected chi connectivity index (χ4v) is 6.15. The first-order chi connectivity index (χ1) is 20.9. The smallest absolute Gasteiger partial charge is 0.322 e. The molecule has 0 unspecified atom stereocenters. The lowest BCUT2D eigenvalue weighted by Gasteiger charge is -2.34. The molecule has 0 spiro atoms. The summed E-state index contributed by atoms with van der Waals surface area (Å²) in [5.41, 5.74) is 2.33. The van der Waals surface area contributed by atoms with Crippen molar-refractivity contribution in [3.63, 3.8) is 0 Å². The van der Waals surface area contributed by atoms with Gasteiger partial charge >= 0.3 is 5.97 Å². The minimum absolute atomic E-state index is 0.0501. The summed E-state index contributed by atoms with van der Waals surface area (Å²) in [5.74, 6) is -0.0170. The molecule has 2 aromatic carbocycles. The molecule has 0 bridgehead atoms. The third kappa shape index (κ3) is 13.4. The number of hydroxylamine groups is 2. The van der Waals surface area contributed by atoms with E-state index in [1.54, 1.807) is 5.06 Å². The number of unbranched alkanes of at least 4 members (excludes halogenated alkanes) is 9. The van der Waals surface area contributed by atoms with Crippen LogP contribution in [0.15, 0.2) is 48.5 Å². The van der Waals surface area contributed by atoms with E-state index in [4.69, 9.17) is 4.84 Å². The van der Waals surface area contributed by atoms with E-state index in [0.29, 0.717) is 44.2 Å². The third-order valence-electron chi connectivity index (χ3n) is 8.08. The summed E-state index contributed by atoms with van der Waals surface area (Å²) in [7, 11) is 0. The Bertz CT molecular complexity index is 1130. The Kier molecular flexibility index (Phi) is 16.1. The van der Waals surface area contributed by atoms with Crippen LogP contribution in [0.4, 0.5) is 0 Å². The van der Waals surface area contributed by atoms with E-state index < -0.39 is 0 Å². The maximum Gasteiger partial charge on any atom is 0.322 e. The van der Waals surface area contributed by atoms with Gasteiger partial charge in [0.15, 0.2) is 0 Å². The Morgan fingerprint density at radius 3 is 2.12 bits per heavy atom. The number of rotatable bonds is 18. The van der Waals surface area contributed by atoms with Crippen LogP contribution in [0.25, 0.3) is 0 Å². The number of carbonyl (C=O) groups excluding carboxylic acids is 3. The highest BCUT2D eigenvalue weighted by atomic mass is 127. The van der Waals surface area contributed by atoms with Gasteiger partial charge in [-0.2, -0.15) is 0 Å². The van der Waals surface area contributed by atoms with Crippen LogP contribution in [0.1, 0.15) is 117 Å². The van der Waals surface area contributed by atoms with Crippen molar-refractivity contribution in [2.45, 2.75) is 97.4 Å². The van der Waals surface area contributed by atoms with Gasteiger partial charge in [-0.15, -0.1) is 5.06 Å². The number of halogens is 1. The molecule has 1 saturated heterocycles. The Hall–Kier alpha value is -2.46. The second kappa shape index (κ2) is 19.7. The van der Waals surface area contributed by atoms with Gasteiger partial charge in [-0.05, 0) is 83.7 Å². The standard InChI is InChI=1S/C35H50IN3O4/c1-3-4-5-6-7-8-9-10-11-12-22-37-34(41)31-18-16-29(17-19-31)26-39(43-28(2)40)27-30-20-23-38(24-21-30)35(42)32-14-13-15-33(36)25-32/h13-19,25,30H,3-12,20-24,26-27H2,1-2H3,(H,37,41). The van der Waals surface area contributed by atoms with Crippen LogP contribution in [0.2, 0.25) is 0 Å². The topological polar surface area (TPSA) is 79.0 Å². The summed E-state index contributed by atoms with van der Waals surface area (Å²) in [5, 5.41) is 4.75. The summed E-state index contributed by atoms with van der Waals surface area (Å²) in [6.07, 6.45) is 14.5. The predicted octanol–water partition coefficient (Wildman–Crippen LogP) is 7.77.